The quantitative estimate of drug-likeness (QED) is 0.242. The third-order valence-corrected chi connectivity index (χ3v) is 4.62. The molecule has 0 aliphatic carbocycles. The van der Waals surface area contributed by atoms with E-state index in [2.05, 4.69) is 44.7 Å². The molecule has 0 N–H and O–H groups in total. The zero-order valence-corrected chi connectivity index (χ0v) is 20.3. The van der Waals surface area contributed by atoms with Crippen molar-refractivity contribution in [2.24, 2.45) is 11.8 Å². The molecular weight excluding hydrogens is 388 g/mol. The van der Waals surface area contributed by atoms with Crippen molar-refractivity contribution in [2.45, 2.75) is 85.7 Å². The number of unbranched alkanes of at least 4 members (excludes halogenated alkanes) is 1. The summed E-state index contributed by atoms with van der Waals surface area (Å²) in [4.78, 5) is 25.1. The molecule has 1 unspecified atom stereocenters. The van der Waals surface area contributed by atoms with Crippen LogP contribution >= 0.6 is 0 Å². The minimum Gasteiger partial charge on any atom is -0.460 e. The number of Topliss-reactive ketones (excluding diaryl/α,β-unsaturated/α-hetero) is 1. The number of hydrogen-bond acceptors (Lipinski definition) is 4. The maximum absolute atomic E-state index is 12.8. The van der Waals surface area contributed by atoms with Crippen LogP contribution < -0.4 is 0 Å². The maximum atomic E-state index is 12.8. The van der Waals surface area contributed by atoms with E-state index in [1.807, 2.05) is 32.9 Å². The third-order valence-electron chi connectivity index (χ3n) is 4.62. The first-order valence-electron chi connectivity index (χ1n) is 11.5. The monoisotopic (exact) mass is 428 g/mol. The second-order valence-corrected chi connectivity index (χ2v) is 9.50. The van der Waals surface area contributed by atoms with Crippen molar-refractivity contribution in [3.8, 4) is 11.8 Å². The van der Waals surface area contributed by atoms with Gasteiger partial charge in [0.05, 0.1) is 6.42 Å². The summed E-state index contributed by atoms with van der Waals surface area (Å²) in [6.07, 6.45) is 4.47. The molecule has 1 atom stereocenters. The Bertz CT molecular complexity index is 729. The highest BCUT2D eigenvalue weighted by atomic mass is 16.6. The first kappa shape index (κ1) is 26.9. The predicted molar refractivity (Wildman–Crippen MR) is 126 cm³/mol. The Morgan fingerprint density at radius 1 is 1.03 bits per heavy atom. The smallest absolute Gasteiger partial charge is 0.307 e. The van der Waals surface area contributed by atoms with Gasteiger partial charge >= 0.3 is 5.97 Å². The Labute approximate surface area is 189 Å². The number of hydrogen-bond donors (Lipinski definition) is 0. The van der Waals surface area contributed by atoms with Crippen molar-refractivity contribution in [3.63, 3.8) is 0 Å². The molecule has 1 rings (SSSR count). The first-order chi connectivity index (χ1) is 14.6. The Morgan fingerprint density at radius 2 is 1.68 bits per heavy atom. The van der Waals surface area contributed by atoms with Gasteiger partial charge in [0.2, 0.25) is 5.78 Å². The molecule has 1 aromatic rings. The zero-order valence-electron chi connectivity index (χ0n) is 20.3. The molecule has 0 heterocycles. The van der Waals surface area contributed by atoms with Gasteiger partial charge in [0.1, 0.15) is 5.60 Å². The Hall–Kier alpha value is -2.12. The summed E-state index contributed by atoms with van der Waals surface area (Å²) in [5.41, 5.74) is 1.50. The summed E-state index contributed by atoms with van der Waals surface area (Å²) >= 11 is 0. The minimum absolute atomic E-state index is 0.0487. The molecule has 0 aliphatic rings. The van der Waals surface area contributed by atoms with Crippen molar-refractivity contribution >= 4 is 11.8 Å². The molecule has 4 heteroatoms. The fourth-order valence-electron chi connectivity index (χ4n) is 3.12. The molecule has 0 bridgehead atoms. The summed E-state index contributed by atoms with van der Waals surface area (Å²) in [5, 5.41) is 0. The summed E-state index contributed by atoms with van der Waals surface area (Å²) in [5.74, 6) is 5.25. The standard InChI is InChI=1S/C27H40O4/c1-7-8-17-30-18-9-10-24(20-26(29)31-27(4,5)6)25(28)16-15-22-11-13-23(14-12-22)19-21(2)3/h11-14,21,24H,7-10,17-20H2,1-6H3. The molecule has 1 aromatic carbocycles. The van der Waals surface area contributed by atoms with Crippen LogP contribution in [-0.2, 0) is 25.5 Å². The van der Waals surface area contributed by atoms with Crippen LogP contribution in [0.4, 0.5) is 0 Å². The van der Waals surface area contributed by atoms with Crippen LogP contribution in [0, 0.1) is 23.7 Å². The van der Waals surface area contributed by atoms with Crippen LogP contribution in [0.5, 0.6) is 0 Å². The fraction of sp³-hybridized carbons (Fsp3) is 0.630. The van der Waals surface area contributed by atoms with Gasteiger partial charge < -0.3 is 9.47 Å². The number of ether oxygens (including phenoxy) is 2. The minimum atomic E-state index is -0.572. The molecule has 0 fully saturated rings. The highest BCUT2D eigenvalue weighted by molar-refractivity contribution is 5.99. The number of benzene rings is 1. The van der Waals surface area contributed by atoms with Gasteiger partial charge in [0, 0.05) is 24.7 Å². The van der Waals surface area contributed by atoms with Gasteiger partial charge in [0.25, 0.3) is 0 Å². The molecule has 0 aliphatic heterocycles. The summed E-state index contributed by atoms with van der Waals surface area (Å²) in [6.45, 7) is 13.3. The number of rotatable bonds is 12. The van der Waals surface area contributed by atoms with Crippen LogP contribution in [0.15, 0.2) is 24.3 Å². The van der Waals surface area contributed by atoms with Gasteiger partial charge in [0.15, 0.2) is 0 Å². The molecule has 0 radical (unpaired) electrons. The van der Waals surface area contributed by atoms with E-state index in [4.69, 9.17) is 9.47 Å². The Balaban J connectivity index is 2.75. The van der Waals surface area contributed by atoms with Crippen molar-refractivity contribution in [2.75, 3.05) is 13.2 Å². The maximum Gasteiger partial charge on any atom is 0.307 e. The Morgan fingerprint density at radius 3 is 2.26 bits per heavy atom. The number of esters is 1. The lowest BCUT2D eigenvalue weighted by atomic mass is 9.94. The van der Waals surface area contributed by atoms with Gasteiger partial charge in [-0.05, 0) is 76.0 Å². The van der Waals surface area contributed by atoms with Crippen molar-refractivity contribution in [1.82, 2.24) is 0 Å². The number of carbonyl (C=O) groups excluding carboxylic acids is 2. The zero-order chi connectivity index (χ0) is 23.3. The van der Waals surface area contributed by atoms with Crippen LogP contribution in [-0.4, -0.2) is 30.6 Å². The van der Waals surface area contributed by atoms with Gasteiger partial charge in [-0.25, -0.2) is 0 Å². The van der Waals surface area contributed by atoms with E-state index in [9.17, 15) is 9.59 Å². The largest absolute Gasteiger partial charge is 0.460 e. The number of carbonyl (C=O) groups is 2. The van der Waals surface area contributed by atoms with E-state index in [-0.39, 0.29) is 18.2 Å². The molecule has 4 nitrogen and oxygen atoms in total. The molecule has 0 aromatic heterocycles. The summed E-state index contributed by atoms with van der Waals surface area (Å²) in [6, 6.07) is 8.01. The van der Waals surface area contributed by atoms with Crippen LogP contribution in [0.1, 0.15) is 84.8 Å². The average molecular weight is 429 g/mol. The second-order valence-electron chi connectivity index (χ2n) is 9.50. The molecule has 31 heavy (non-hydrogen) atoms. The van der Waals surface area contributed by atoms with Crippen LogP contribution in [0.2, 0.25) is 0 Å². The van der Waals surface area contributed by atoms with E-state index < -0.39 is 11.5 Å². The highest BCUT2D eigenvalue weighted by Crippen LogP contribution is 2.17. The normalized spacial score (nSPS) is 12.2. The lowest BCUT2D eigenvalue weighted by molar-refractivity contribution is -0.157. The molecule has 0 amide bonds. The van der Waals surface area contributed by atoms with Gasteiger partial charge in [-0.3, -0.25) is 9.59 Å². The topological polar surface area (TPSA) is 52.6 Å². The Kier molecular flexibility index (Phi) is 12.2. The van der Waals surface area contributed by atoms with E-state index in [1.165, 1.54) is 5.56 Å². The van der Waals surface area contributed by atoms with E-state index >= 15 is 0 Å². The van der Waals surface area contributed by atoms with Crippen molar-refractivity contribution in [3.05, 3.63) is 35.4 Å². The molecule has 0 saturated carbocycles. The van der Waals surface area contributed by atoms with Crippen molar-refractivity contribution in [1.29, 1.82) is 0 Å². The summed E-state index contributed by atoms with van der Waals surface area (Å²) in [7, 11) is 0. The fourth-order valence-corrected chi connectivity index (χ4v) is 3.12. The molecular formula is C27H40O4. The predicted octanol–water partition coefficient (Wildman–Crippen LogP) is 5.75. The SMILES string of the molecule is CCCCOCCCC(CC(=O)OC(C)(C)C)C(=O)C#Cc1ccc(CC(C)C)cc1. The molecule has 0 saturated heterocycles. The third kappa shape index (κ3) is 13.0. The van der Waals surface area contributed by atoms with E-state index in [0.717, 1.165) is 31.4 Å². The average Bonchev–Trinajstić information content (AvgIpc) is 2.67. The first-order valence-corrected chi connectivity index (χ1v) is 11.5. The second kappa shape index (κ2) is 14.0. The van der Waals surface area contributed by atoms with Gasteiger partial charge in [-0.2, -0.15) is 0 Å². The highest BCUT2D eigenvalue weighted by Gasteiger charge is 2.24. The lowest BCUT2D eigenvalue weighted by Crippen LogP contribution is -2.27. The lowest BCUT2D eigenvalue weighted by Gasteiger charge is -2.21. The molecule has 172 valence electrons. The van der Waals surface area contributed by atoms with E-state index in [1.54, 1.807) is 0 Å². The van der Waals surface area contributed by atoms with E-state index in [0.29, 0.717) is 25.4 Å². The van der Waals surface area contributed by atoms with Crippen LogP contribution in [0.3, 0.4) is 0 Å². The van der Waals surface area contributed by atoms with Crippen LogP contribution in [0.25, 0.3) is 0 Å². The molecule has 0 spiro atoms. The van der Waals surface area contributed by atoms with Gasteiger partial charge in [-0.15, -0.1) is 0 Å². The van der Waals surface area contributed by atoms with Crippen molar-refractivity contribution < 1.29 is 19.1 Å². The number of ketones is 1. The van der Waals surface area contributed by atoms with Gasteiger partial charge in [-0.1, -0.05) is 45.2 Å². The summed E-state index contributed by atoms with van der Waals surface area (Å²) < 4.78 is 11.0.